The number of nitrogens with zero attached hydrogens (tertiary/aromatic N) is 2. The van der Waals surface area contributed by atoms with Crippen molar-refractivity contribution in [3.63, 3.8) is 0 Å². The van der Waals surface area contributed by atoms with E-state index in [1.807, 2.05) is 30.3 Å². The van der Waals surface area contributed by atoms with Crippen LogP contribution in [0.25, 0.3) is 0 Å². The highest BCUT2D eigenvalue weighted by atomic mass is 19.1. The summed E-state index contributed by atoms with van der Waals surface area (Å²) in [5, 5.41) is 11.0. The van der Waals surface area contributed by atoms with Gasteiger partial charge in [0.2, 0.25) is 5.75 Å². The van der Waals surface area contributed by atoms with Gasteiger partial charge in [0.15, 0.2) is 6.10 Å². The van der Waals surface area contributed by atoms with Crippen LogP contribution in [-0.4, -0.2) is 28.9 Å². The summed E-state index contributed by atoms with van der Waals surface area (Å²) in [4.78, 5) is 24.1. The molecule has 6 nitrogen and oxygen atoms in total. The van der Waals surface area contributed by atoms with Gasteiger partial charge in [0, 0.05) is 25.7 Å². The van der Waals surface area contributed by atoms with Gasteiger partial charge in [-0.3, -0.25) is 14.9 Å². The van der Waals surface area contributed by atoms with Crippen LogP contribution >= 0.6 is 0 Å². The number of rotatable bonds is 6. The van der Waals surface area contributed by atoms with Gasteiger partial charge in [-0.25, -0.2) is 4.39 Å². The number of ether oxygens (including phenoxy) is 1. The van der Waals surface area contributed by atoms with Gasteiger partial charge in [0.25, 0.3) is 5.91 Å². The molecule has 2 aromatic rings. The van der Waals surface area contributed by atoms with Gasteiger partial charge in [0.05, 0.1) is 4.92 Å². The quantitative estimate of drug-likeness (QED) is 0.602. The van der Waals surface area contributed by atoms with E-state index in [1.54, 1.807) is 7.05 Å². The zero-order valence-electron chi connectivity index (χ0n) is 13.3. The Morgan fingerprint density at radius 3 is 2.58 bits per heavy atom. The lowest BCUT2D eigenvalue weighted by atomic mass is 10.2. The first-order valence-electron chi connectivity index (χ1n) is 7.28. The van der Waals surface area contributed by atoms with Crippen molar-refractivity contribution in [2.24, 2.45) is 0 Å². The maximum Gasteiger partial charge on any atom is 0.311 e. The summed E-state index contributed by atoms with van der Waals surface area (Å²) in [6.45, 7) is 1.84. The average molecular weight is 332 g/mol. The van der Waals surface area contributed by atoms with Crippen molar-refractivity contribution in [2.75, 3.05) is 7.05 Å². The zero-order chi connectivity index (χ0) is 17.7. The smallest absolute Gasteiger partial charge is 0.311 e. The van der Waals surface area contributed by atoms with Crippen molar-refractivity contribution in [1.82, 2.24) is 4.90 Å². The highest BCUT2D eigenvalue weighted by Gasteiger charge is 2.24. The number of nitro benzene ring substituents is 1. The molecule has 0 N–H and O–H groups in total. The predicted octanol–water partition coefficient (Wildman–Crippen LogP) is 3.16. The summed E-state index contributed by atoms with van der Waals surface area (Å²) in [6.07, 6.45) is -0.987. The molecule has 0 aliphatic carbocycles. The molecule has 1 atom stereocenters. The number of carbonyl (C=O) groups excluding carboxylic acids is 1. The highest BCUT2D eigenvalue weighted by molar-refractivity contribution is 5.80. The van der Waals surface area contributed by atoms with Crippen LogP contribution in [0.4, 0.5) is 10.1 Å². The van der Waals surface area contributed by atoms with Crippen LogP contribution in [0.15, 0.2) is 48.5 Å². The Labute approximate surface area is 138 Å². The Morgan fingerprint density at radius 2 is 1.96 bits per heavy atom. The topological polar surface area (TPSA) is 72.7 Å². The SMILES string of the molecule is C[C@@H](Oc1cc(F)ccc1[N+](=O)[O-])C(=O)N(C)Cc1ccccc1. The van der Waals surface area contributed by atoms with E-state index in [-0.39, 0.29) is 17.3 Å². The van der Waals surface area contributed by atoms with Crippen molar-refractivity contribution >= 4 is 11.6 Å². The minimum atomic E-state index is -0.987. The summed E-state index contributed by atoms with van der Waals surface area (Å²) in [5.41, 5.74) is 0.555. The van der Waals surface area contributed by atoms with E-state index in [2.05, 4.69) is 0 Å². The number of nitro groups is 1. The van der Waals surface area contributed by atoms with Gasteiger partial charge in [-0.2, -0.15) is 0 Å². The number of benzene rings is 2. The van der Waals surface area contributed by atoms with Crippen LogP contribution in [0, 0.1) is 15.9 Å². The third kappa shape index (κ3) is 4.28. The van der Waals surface area contributed by atoms with Crippen LogP contribution < -0.4 is 4.74 Å². The molecule has 0 unspecified atom stereocenters. The van der Waals surface area contributed by atoms with E-state index in [4.69, 9.17) is 4.74 Å². The molecule has 0 aliphatic heterocycles. The number of carbonyl (C=O) groups is 1. The second-order valence-corrected chi connectivity index (χ2v) is 5.31. The van der Waals surface area contributed by atoms with Gasteiger partial charge in [-0.15, -0.1) is 0 Å². The minimum Gasteiger partial charge on any atom is -0.474 e. The van der Waals surface area contributed by atoms with E-state index in [0.717, 1.165) is 23.8 Å². The van der Waals surface area contributed by atoms with Gasteiger partial charge >= 0.3 is 5.69 Å². The lowest BCUT2D eigenvalue weighted by Gasteiger charge is -2.22. The number of hydrogen-bond acceptors (Lipinski definition) is 4. The van der Waals surface area contributed by atoms with Gasteiger partial charge < -0.3 is 9.64 Å². The largest absolute Gasteiger partial charge is 0.474 e. The van der Waals surface area contributed by atoms with Gasteiger partial charge in [0.1, 0.15) is 5.82 Å². The van der Waals surface area contributed by atoms with E-state index >= 15 is 0 Å². The number of likely N-dealkylation sites (N-methyl/N-ethyl adjacent to an activating group) is 1. The molecule has 2 rings (SSSR count). The van der Waals surface area contributed by atoms with Crippen LogP contribution in [0.3, 0.4) is 0 Å². The van der Waals surface area contributed by atoms with E-state index in [0.29, 0.717) is 6.54 Å². The van der Waals surface area contributed by atoms with Crippen molar-refractivity contribution in [3.05, 3.63) is 70.0 Å². The maximum absolute atomic E-state index is 13.3. The normalized spacial score (nSPS) is 11.6. The first-order valence-corrected chi connectivity index (χ1v) is 7.28. The molecule has 0 aliphatic rings. The second kappa shape index (κ2) is 7.54. The second-order valence-electron chi connectivity index (χ2n) is 5.31. The van der Waals surface area contributed by atoms with Crippen LogP contribution in [0.1, 0.15) is 12.5 Å². The van der Waals surface area contributed by atoms with Crippen molar-refractivity contribution in [3.8, 4) is 5.75 Å². The van der Waals surface area contributed by atoms with Crippen molar-refractivity contribution in [1.29, 1.82) is 0 Å². The monoisotopic (exact) mass is 332 g/mol. The fourth-order valence-corrected chi connectivity index (χ4v) is 2.22. The van der Waals surface area contributed by atoms with E-state index in [9.17, 15) is 19.3 Å². The molecule has 0 bridgehead atoms. The summed E-state index contributed by atoms with van der Waals surface area (Å²) in [7, 11) is 1.61. The molecule has 0 spiro atoms. The van der Waals surface area contributed by atoms with E-state index < -0.39 is 16.8 Å². The Morgan fingerprint density at radius 1 is 1.29 bits per heavy atom. The minimum absolute atomic E-state index is 0.269. The molecule has 0 radical (unpaired) electrons. The molecule has 24 heavy (non-hydrogen) atoms. The molecule has 126 valence electrons. The Hall–Kier alpha value is -2.96. The number of hydrogen-bond donors (Lipinski definition) is 0. The highest BCUT2D eigenvalue weighted by Crippen LogP contribution is 2.28. The standard InChI is InChI=1S/C17H17FN2O4/c1-12(17(21)19(2)11-13-6-4-3-5-7-13)24-16-10-14(18)8-9-15(16)20(22)23/h3-10,12H,11H2,1-2H3/t12-/m1/s1. The summed E-state index contributed by atoms with van der Waals surface area (Å²) in [6, 6.07) is 12.3. The summed E-state index contributed by atoms with van der Waals surface area (Å²) >= 11 is 0. The molecule has 2 aromatic carbocycles. The first-order chi connectivity index (χ1) is 11.4. The molecule has 0 saturated heterocycles. The van der Waals surface area contributed by atoms with Crippen LogP contribution in [0.5, 0.6) is 5.75 Å². The molecular formula is C17H17FN2O4. The fourth-order valence-electron chi connectivity index (χ4n) is 2.22. The van der Waals surface area contributed by atoms with Crippen LogP contribution in [-0.2, 0) is 11.3 Å². The Kier molecular flexibility index (Phi) is 5.47. The number of amides is 1. The molecular weight excluding hydrogens is 315 g/mol. The lowest BCUT2D eigenvalue weighted by molar-refractivity contribution is -0.386. The first kappa shape index (κ1) is 17.4. The van der Waals surface area contributed by atoms with Gasteiger partial charge in [-0.1, -0.05) is 30.3 Å². The molecule has 0 aromatic heterocycles. The van der Waals surface area contributed by atoms with Crippen molar-refractivity contribution < 1.29 is 18.8 Å². The summed E-state index contributed by atoms with van der Waals surface area (Å²) in [5.74, 6) is -1.31. The third-order valence-electron chi connectivity index (χ3n) is 3.41. The maximum atomic E-state index is 13.3. The fraction of sp³-hybridized carbons (Fsp3) is 0.235. The van der Waals surface area contributed by atoms with Gasteiger partial charge in [-0.05, 0) is 18.6 Å². The predicted molar refractivity (Wildman–Crippen MR) is 86.1 cm³/mol. The molecule has 1 amide bonds. The molecule has 0 fully saturated rings. The van der Waals surface area contributed by atoms with Crippen molar-refractivity contribution in [2.45, 2.75) is 19.6 Å². The molecule has 0 heterocycles. The zero-order valence-corrected chi connectivity index (χ0v) is 13.3. The lowest BCUT2D eigenvalue weighted by Crippen LogP contribution is -2.37. The van der Waals surface area contributed by atoms with Crippen LogP contribution in [0.2, 0.25) is 0 Å². The number of halogens is 1. The molecule has 7 heteroatoms. The summed E-state index contributed by atoms with van der Waals surface area (Å²) < 4.78 is 18.6. The third-order valence-corrected chi connectivity index (χ3v) is 3.41. The Bertz CT molecular complexity index is 737. The molecule has 0 saturated carbocycles. The average Bonchev–Trinajstić information content (AvgIpc) is 2.54. The Balaban J connectivity index is 2.09. The van der Waals surface area contributed by atoms with E-state index in [1.165, 1.54) is 11.8 Å².